The smallest absolute Gasteiger partial charge is 0.301 e. The zero-order valence-corrected chi connectivity index (χ0v) is 12.2. The zero-order valence-electron chi connectivity index (χ0n) is 10.6. The van der Waals surface area contributed by atoms with Crippen LogP contribution in [-0.4, -0.2) is 5.91 Å². The maximum Gasteiger partial charge on any atom is 0.301 e. The number of hydrazine groups is 1. The van der Waals surface area contributed by atoms with Gasteiger partial charge in [-0.2, -0.15) is 0 Å². The van der Waals surface area contributed by atoms with Crippen molar-refractivity contribution in [3.05, 3.63) is 51.6 Å². The summed E-state index contributed by atoms with van der Waals surface area (Å²) in [5, 5.41) is 0. The second-order valence-corrected chi connectivity index (χ2v) is 5.01. The fourth-order valence-electron chi connectivity index (χ4n) is 1.68. The number of nitrogens with one attached hydrogen (secondary N) is 1. The quantitative estimate of drug-likeness (QED) is 0.508. The monoisotopic (exact) mass is 342 g/mol. The van der Waals surface area contributed by atoms with E-state index in [2.05, 4.69) is 15.9 Å². The lowest BCUT2D eigenvalue weighted by Gasteiger charge is -2.05. The maximum atomic E-state index is 13.2. The van der Waals surface area contributed by atoms with E-state index in [1.165, 1.54) is 12.1 Å². The number of nitrogens with two attached hydrogens (primary N) is 1. The van der Waals surface area contributed by atoms with E-state index in [0.717, 1.165) is 0 Å². The van der Waals surface area contributed by atoms with Gasteiger partial charge in [0.2, 0.25) is 0 Å². The molecule has 3 N–H and O–H groups in total. The number of carbonyl (C=O) groups excluding carboxylic acids is 1. The number of rotatable bonds is 4. The summed E-state index contributed by atoms with van der Waals surface area (Å²) in [4.78, 5) is 11.4. The van der Waals surface area contributed by atoms with Crippen LogP contribution in [0.25, 0.3) is 0 Å². The van der Waals surface area contributed by atoms with Crippen LogP contribution in [0, 0.1) is 12.7 Å². The van der Waals surface area contributed by atoms with Crippen molar-refractivity contribution < 1.29 is 18.3 Å². The van der Waals surface area contributed by atoms with E-state index in [1.54, 1.807) is 19.1 Å². The van der Waals surface area contributed by atoms with Crippen molar-refractivity contribution in [2.45, 2.75) is 13.5 Å². The average Bonchev–Trinajstić information content (AvgIpc) is 2.76. The summed E-state index contributed by atoms with van der Waals surface area (Å²) in [5.74, 6) is 5.06. The van der Waals surface area contributed by atoms with Gasteiger partial charge in [0.05, 0.1) is 0 Å². The summed E-state index contributed by atoms with van der Waals surface area (Å²) in [6.45, 7) is 1.80. The number of furan rings is 1. The van der Waals surface area contributed by atoms with E-state index in [-0.39, 0.29) is 12.4 Å². The molecule has 0 fully saturated rings. The van der Waals surface area contributed by atoms with Crippen molar-refractivity contribution >= 4 is 21.8 Å². The second kappa shape index (κ2) is 6.06. The van der Waals surface area contributed by atoms with Crippen molar-refractivity contribution in [1.82, 2.24) is 5.43 Å². The topological polar surface area (TPSA) is 77.5 Å². The highest BCUT2D eigenvalue weighted by molar-refractivity contribution is 9.10. The molecule has 1 heterocycles. The minimum absolute atomic E-state index is 0.0780. The molecule has 2 rings (SSSR count). The molecule has 1 aromatic carbocycles. The van der Waals surface area contributed by atoms with Crippen LogP contribution in [0.5, 0.6) is 5.75 Å². The molecule has 2 aromatic rings. The third-order valence-electron chi connectivity index (χ3n) is 2.52. The lowest BCUT2D eigenvalue weighted by atomic mass is 10.2. The van der Waals surface area contributed by atoms with Gasteiger partial charge in [-0.1, -0.05) is 15.9 Å². The molecule has 20 heavy (non-hydrogen) atoms. The fraction of sp³-hybridized carbons (Fsp3) is 0.154. The number of benzene rings is 1. The summed E-state index contributed by atoms with van der Waals surface area (Å²) in [7, 11) is 0. The molecule has 0 saturated carbocycles. The van der Waals surface area contributed by atoms with E-state index in [9.17, 15) is 9.18 Å². The first-order chi connectivity index (χ1) is 9.49. The molecule has 0 aliphatic heterocycles. The minimum Gasteiger partial charge on any atom is -0.486 e. The van der Waals surface area contributed by atoms with Gasteiger partial charge in [-0.05, 0) is 25.1 Å². The summed E-state index contributed by atoms with van der Waals surface area (Å²) in [6, 6.07) is 5.88. The third-order valence-corrected chi connectivity index (χ3v) is 2.98. The van der Waals surface area contributed by atoms with Gasteiger partial charge in [-0.3, -0.25) is 10.2 Å². The average molecular weight is 343 g/mol. The SMILES string of the molecule is Cc1cc(COc2cc(F)cc(Br)c2)oc1C(=O)NN. The molecular weight excluding hydrogens is 331 g/mol. The minimum atomic E-state index is -0.512. The number of amides is 1. The number of ether oxygens (including phenoxy) is 1. The van der Waals surface area contributed by atoms with Crippen LogP contribution in [0.2, 0.25) is 0 Å². The highest BCUT2D eigenvalue weighted by Crippen LogP contribution is 2.22. The van der Waals surface area contributed by atoms with Gasteiger partial charge in [0.1, 0.15) is 23.9 Å². The molecule has 5 nitrogen and oxygen atoms in total. The standard InChI is InChI=1S/C13H12BrFN2O3/c1-7-2-11(20-12(7)13(18)17-16)6-19-10-4-8(14)3-9(15)5-10/h2-5H,6,16H2,1H3,(H,17,18). The van der Waals surface area contributed by atoms with Crippen LogP contribution < -0.4 is 16.0 Å². The Morgan fingerprint density at radius 2 is 2.20 bits per heavy atom. The van der Waals surface area contributed by atoms with Gasteiger partial charge in [0.25, 0.3) is 0 Å². The molecule has 0 bridgehead atoms. The normalized spacial score (nSPS) is 10.4. The van der Waals surface area contributed by atoms with Crippen molar-refractivity contribution in [3.8, 4) is 5.75 Å². The van der Waals surface area contributed by atoms with Crippen molar-refractivity contribution in [2.75, 3.05) is 0 Å². The maximum absolute atomic E-state index is 13.2. The summed E-state index contributed by atoms with van der Waals surface area (Å²) in [5.41, 5.74) is 2.64. The van der Waals surface area contributed by atoms with Gasteiger partial charge >= 0.3 is 5.91 Å². The molecule has 0 radical (unpaired) electrons. The van der Waals surface area contributed by atoms with E-state index in [0.29, 0.717) is 21.5 Å². The number of aryl methyl sites for hydroxylation is 1. The number of hydrogen-bond acceptors (Lipinski definition) is 4. The van der Waals surface area contributed by atoms with Crippen LogP contribution in [0.1, 0.15) is 21.9 Å². The summed E-state index contributed by atoms with van der Waals surface area (Å²) >= 11 is 3.17. The molecule has 0 unspecified atom stereocenters. The zero-order chi connectivity index (χ0) is 14.7. The first-order valence-corrected chi connectivity index (χ1v) is 6.48. The van der Waals surface area contributed by atoms with E-state index in [4.69, 9.17) is 15.0 Å². The summed E-state index contributed by atoms with van der Waals surface area (Å²) in [6.07, 6.45) is 0. The molecule has 1 amide bonds. The molecule has 0 spiro atoms. The molecule has 1 aromatic heterocycles. The molecule has 0 atom stereocenters. The van der Waals surface area contributed by atoms with Gasteiger partial charge in [0, 0.05) is 16.1 Å². The Morgan fingerprint density at radius 1 is 1.45 bits per heavy atom. The molecular formula is C13H12BrFN2O3. The van der Waals surface area contributed by atoms with Gasteiger partial charge < -0.3 is 9.15 Å². The molecule has 7 heteroatoms. The first kappa shape index (κ1) is 14.5. The van der Waals surface area contributed by atoms with Crippen molar-refractivity contribution in [1.29, 1.82) is 0 Å². The molecule has 0 aliphatic rings. The second-order valence-electron chi connectivity index (χ2n) is 4.09. The van der Waals surface area contributed by atoms with Crippen LogP contribution in [-0.2, 0) is 6.61 Å². The first-order valence-electron chi connectivity index (χ1n) is 5.68. The van der Waals surface area contributed by atoms with Gasteiger partial charge in [-0.15, -0.1) is 0 Å². The molecule has 0 aliphatic carbocycles. The van der Waals surface area contributed by atoms with Gasteiger partial charge in [-0.25, -0.2) is 10.2 Å². The number of nitrogen functional groups attached to an aromatic ring is 1. The number of halogens is 2. The Labute approximate surface area is 123 Å². The lowest BCUT2D eigenvalue weighted by Crippen LogP contribution is -2.30. The molecule has 106 valence electrons. The van der Waals surface area contributed by atoms with Crippen LogP contribution in [0.3, 0.4) is 0 Å². The Hall–Kier alpha value is -1.86. The van der Waals surface area contributed by atoms with E-state index < -0.39 is 11.7 Å². The number of hydrogen-bond donors (Lipinski definition) is 2. The van der Waals surface area contributed by atoms with Crippen LogP contribution in [0.15, 0.2) is 33.2 Å². The highest BCUT2D eigenvalue weighted by atomic mass is 79.9. The van der Waals surface area contributed by atoms with Crippen molar-refractivity contribution in [2.24, 2.45) is 5.84 Å². The van der Waals surface area contributed by atoms with Crippen molar-refractivity contribution in [3.63, 3.8) is 0 Å². The third kappa shape index (κ3) is 3.37. The fourth-order valence-corrected chi connectivity index (χ4v) is 2.12. The number of carbonyl (C=O) groups is 1. The Balaban J connectivity index is 2.09. The lowest BCUT2D eigenvalue weighted by molar-refractivity contribution is 0.0921. The Morgan fingerprint density at radius 3 is 2.85 bits per heavy atom. The predicted octanol–water partition coefficient (Wildman–Crippen LogP) is 2.67. The Kier molecular flexibility index (Phi) is 4.41. The van der Waals surface area contributed by atoms with Crippen LogP contribution >= 0.6 is 15.9 Å². The highest BCUT2D eigenvalue weighted by Gasteiger charge is 2.15. The van der Waals surface area contributed by atoms with Crippen LogP contribution in [0.4, 0.5) is 4.39 Å². The Bertz CT molecular complexity index is 622. The molecule has 0 saturated heterocycles. The van der Waals surface area contributed by atoms with E-state index in [1.807, 2.05) is 5.43 Å². The predicted molar refractivity (Wildman–Crippen MR) is 73.5 cm³/mol. The summed E-state index contributed by atoms with van der Waals surface area (Å²) < 4.78 is 24.5. The van der Waals surface area contributed by atoms with Gasteiger partial charge in [0.15, 0.2) is 5.76 Å². The largest absolute Gasteiger partial charge is 0.486 e. The van der Waals surface area contributed by atoms with E-state index >= 15 is 0 Å².